The predicted octanol–water partition coefficient (Wildman–Crippen LogP) is 2.33. The first kappa shape index (κ1) is 9.40. The van der Waals surface area contributed by atoms with E-state index in [-0.39, 0.29) is 0 Å². The van der Waals surface area contributed by atoms with Crippen LogP contribution in [0.4, 0.5) is 0 Å². The summed E-state index contributed by atoms with van der Waals surface area (Å²) >= 11 is 0. The highest BCUT2D eigenvalue weighted by molar-refractivity contribution is 5.91. The molecule has 0 aliphatic carbocycles. The molecule has 0 bridgehead atoms. The zero-order chi connectivity index (χ0) is 10.7. The number of carbonyl (C=O) groups is 1. The average Bonchev–Trinajstić information content (AvgIpc) is 2.29. The van der Waals surface area contributed by atoms with Crippen LogP contribution in [0.3, 0.4) is 0 Å². The Balaban J connectivity index is 2.51. The van der Waals surface area contributed by atoms with Crippen LogP contribution in [0.25, 0.3) is 10.8 Å². The second-order valence-electron chi connectivity index (χ2n) is 2.98. The number of nitrogens with zero attached hydrogens (tertiary/aromatic N) is 1. The lowest BCUT2D eigenvalue weighted by Gasteiger charge is -2.04. The Morgan fingerprint density at radius 2 is 2.27 bits per heavy atom. The minimum Gasteiger partial charge on any atom is -0.423 e. The van der Waals surface area contributed by atoms with Crippen LogP contribution in [-0.4, -0.2) is 11.0 Å². The molecule has 0 unspecified atom stereocenters. The van der Waals surface area contributed by atoms with Crippen LogP contribution in [0, 0.1) is 0 Å². The Labute approximate surface area is 87.0 Å². The molecule has 0 aliphatic rings. The monoisotopic (exact) mass is 199 g/mol. The van der Waals surface area contributed by atoms with Crippen LogP contribution in [0.2, 0.25) is 0 Å². The average molecular weight is 199 g/mol. The summed E-state index contributed by atoms with van der Waals surface area (Å²) in [5, 5.41) is 1.80. The Hall–Kier alpha value is -2.16. The number of fused-ring (bicyclic) bond motifs is 1. The molecule has 2 rings (SSSR count). The van der Waals surface area contributed by atoms with Crippen molar-refractivity contribution in [1.29, 1.82) is 0 Å². The molecule has 1 aromatic heterocycles. The number of rotatable bonds is 2. The molecular weight excluding hydrogens is 190 g/mol. The molecule has 0 spiro atoms. The molecule has 1 heterocycles. The van der Waals surface area contributed by atoms with Gasteiger partial charge in [0, 0.05) is 23.9 Å². The summed E-state index contributed by atoms with van der Waals surface area (Å²) in [7, 11) is 0. The molecule has 0 atom stereocenters. The zero-order valence-electron chi connectivity index (χ0n) is 8.01. The number of ether oxygens (including phenoxy) is 1. The van der Waals surface area contributed by atoms with Gasteiger partial charge in [-0.15, -0.1) is 0 Å². The number of pyridine rings is 1. The summed E-state index contributed by atoms with van der Waals surface area (Å²) in [5.74, 6) is 0.0388. The fraction of sp³-hybridized carbons (Fsp3) is 0. The maximum Gasteiger partial charge on any atom is 0.335 e. The van der Waals surface area contributed by atoms with E-state index >= 15 is 0 Å². The third-order valence-corrected chi connectivity index (χ3v) is 2.02. The maximum absolute atomic E-state index is 11.1. The highest BCUT2D eigenvalue weighted by atomic mass is 16.5. The smallest absolute Gasteiger partial charge is 0.335 e. The standard InChI is InChI=1S/C12H9NO2/c1-2-12(14)15-11-5-3-4-9-6-7-13-8-10(9)11/h2-8H,1H2. The van der Waals surface area contributed by atoms with Gasteiger partial charge in [-0.1, -0.05) is 18.7 Å². The lowest BCUT2D eigenvalue weighted by molar-refractivity contribution is -0.128. The van der Waals surface area contributed by atoms with Gasteiger partial charge in [0.15, 0.2) is 0 Å². The van der Waals surface area contributed by atoms with Crippen LogP contribution < -0.4 is 4.74 Å². The van der Waals surface area contributed by atoms with Crippen molar-refractivity contribution < 1.29 is 9.53 Å². The van der Waals surface area contributed by atoms with Gasteiger partial charge in [-0.05, 0) is 17.5 Å². The van der Waals surface area contributed by atoms with Crippen LogP contribution in [0.1, 0.15) is 0 Å². The van der Waals surface area contributed by atoms with E-state index in [1.54, 1.807) is 18.5 Å². The van der Waals surface area contributed by atoms with E-state index in [1.807, 2.05) is 18.2 Å². The topological polar surface area (TPSA) is 39.2 Å². The van der Waals surface area contributed by atoms with Gasteiger partial charge < -0.3 is 4.74 Å². The maximum atomic E-state index is 11.1. The molecule has 0 fully saturated rings. The van der Waals surface area contributed by atoms with E-state index in [2.05, 4.69) is 11.6 Å². The summed E-state index contributed by atoms with van der Waals surface area (Å²) in [4.78, 5) is 15.1. The summed E-state index contributed by atoms with van der Waals surface area (Å²) < 4.78 is 5.08. The zero-order valence-corrected chi connectivity index (χ0v) is 8.01. The second kappa shape index (κ2) is 3.92. The van der Waals surface area contributed by atoms with E-state index in [0.717, 1.165) is 16.8 Å². The normalized spacial score (nSPS) is 9.87. The van der Waals surface area contributed by atoms with Crippen molar-refractivity contribution in [2.24, 2.45) is 0 Å². The van der Waals surface area contributed by atoms with Crippen molar-refractivity contribution in [3.05, 3.63) is 49.3 Å². The van der Waals surface area contributed by atoms with Crippen LogP contribution in [-0.2, 0) is 4.79 Å². The van der Waals surface area contributed by atoms with E-state index in [1.165, 1.54) is 0 Å². The third-order valence-electron chi connectivity index (χ3n) is 2.02. The van der Waals surface area contributed by atoms with E-state index in [4.69, 9.17) is 4.74 Å². The van der Waals surface area contributed by atoms with Gasteiger partial charge in [-0.3, -0.25) is 4.98 Å². The number of carbonyl (C=O) groups excluding carboxylic acids is 1. The minimum atomic E-state index is -0.466. The first-order chi connectivity index (χ1) is 7.31. The first-order valence-electron chi connectivity index (χ1n) is 4.48. The molecule has 2 aromatic rings. The Kier molecular flexibility index (Phi) is 2.46. The van der Waals surface area contributed by atoms with Crippen molar-refractivity contribution in [2.45, 2.75) is 0 Å². The SMILES string of the molecule is C=CC(=O)Oc1cccc2ccncc12. The predicted molar refractivity (Wildman–Crippen MR) is 57.6 cm³/mol. The molecule has 1 aromatic carbocycles. The molecule has 3 heteroatoms. The molecule has 74 valence electrons. The van der Waals surface area contributed by atoms with E-state index in [0.29, 0.717) is 5.75 Å². The molecule has 0 radical (unpaired) electrons. The quantitative estimate of drug-likeness (QED) is 0.423. The first-order valence-corrected chi connectivity index (χ1v) is 4.48. The van der Waals surface area contributed by atoms with Crippen molar-refractivity contribution >= 4 is 16.7 Å². The number of esters is 1. The van der Waals surface area contributed by atoms with Gasteiger partial charge in [0.25, 0.3) is 0 Å². The largest absolute Gasteiger partial charge is 0.423 e. The highest BCUT2D eigenvalue weighted by Crippen LogP contribution is 2.24. The lowest BCUT2D eigenvalue weighted by Crippen LogP contribution is -2.03. The van der Waals surface area contributed by atoms with E-state index < -0.39 is 5.97 Å². The van der Waals surface area contributed by atoms with Gasteiger partial charge >= 0.3 is 5.97 Å². The van der Waals surface area contributed by atoms with Crippen LogP contribution in [0.15, 0.2) is 49.3 Å². The Morgan fingerprint density at radius 3 is 3.07 bits per heavy atom. The number of hydrogen-bond donors (Lipinski definition) is 0. The summed E-state index contributed by atoms with van der Waals surface area (Å²) in [5.41, 5.74) is 0. The van der Waals surface area contributed by atoms with Gasteiger partial charge in [-0.2, -0.15) is 0 Å². The van der Waals surface area contributed by atoms with Crippen LogP contribution in [0.5, 0.6) is 5.75 Å². The third kappa shape index (κ3) is 1.86. The number of aromatic nitrogens is 1. The van der Waals surface area contributed by atoms with Crippen molar-refractivity contribution in [1.82, 2.24) is 4.98 Å². The molecule has 3 nitrogen and oxygen atoms in total. The fourth-order valence-electron chi connectivity index (χ4n) is 1.32. The molecule has 0 N–H and O–H groups in total. The molecule has 0 aliphatic heterocycles. The summed E-state index contributed by atoms with van der Waals surface area (Å²) in [6.45, 7) is 3.35. The molecular formula is C12H9NO2. The number of benzene rings is 1. The van der Waals surface area contributed by atoms with Crippen LogP contribution >= 0.6 is 0 Å². The van der Waals surface area contributed by atoms with Crippen molar-refractivity contribution in [3.63, 3.8) is 0 Å². The summed E-state index contributed by atoms with van der Waals surface area (Å²) in [6.07, 6.45) is 4.50. The Bertz CT molecular complexity index is 515. The molecule has 0 saturated heterocycles. The molecule has 0 amide bonds. The summed E-state index contributed by atoms with van der Waals surface area (Å²) in [6, 6.07) is 7.35. The Morgan fingerprint density at radius 1 is 1.40 bits per heavy atom. The number of hydrogen-bond acceptors (Lipinski definition) is 3. The van der Waals surface area contributed by atoms with Crippen molar-refractivity contribution in [3.8, 4) is 5.75 Å². The van der Waals surface area contributed by atoms with Gasteiger partial charge in [-0.25, -0.2) is 4.79 Å². The van der Waals surface area contributed by atoms with Gasteiger partial charge in [0.1, 0.15) is 5.75 Å². The minimum absolute atomic E-state index is 0.466. The molecule has 15 heavy (non-hydrogen) atoms. The van der Waals surface area contributed by atoms with Crippen molar-refractivity contribution in [2.75, 3.05) is 0 Å². The fourth-order valence-corrected chi connectivity index (χ4v) is 1.32. The lowest BCUT2D eigenvalue weighted by atomic mass is 10.1. The van der Waals surface area contributed by atoms with Gasteiger partial charge in [0.05, 0.1) is 0 Å². The highest BCUT2D eigenvalue weighted by Gasteiger charge is 2.04. The van der Waals surface area contributed by atoms with E-state index in [9.17, 15) is 4.79 Å². The second-order valence-corrected chi connectivity index (χ2v) is 2.98. The molecule has 0 saturated carbocycles. The van der Waals surface area contributed by atoms with Gasteiger partial charge in [0.2, 0.25) is 0 Å².